The Kier molecular flexibility index (Phi) is 10.7. The third-order valence-corrected chi connectivity index (χ3v) is 17.6. The molecular formula is C68H71BN4. The highest BCUT2D eigenvalue weighted by atomic mass is 15.3. The minimum Gasteiger partial charge on any atom is -0.334 e. The zero-order valence-electron chi connectivity index (χ0n) is 45.3. The summed E-state index contributed by atoms with van der Waals surface area (Å²) in [6.45, 7) is 28.4. The first-order valence-electron chi connectivity index (χ1n) is 26.9. The number of benzene rings is 7. The number of rotatable bonds is 5. The van der Waals surface area contributed by atoms with Crippen LogP contribution < -0.4 is 31.1 Å². The molecule has 366 valence electrons. The molecule has 0 spiro atoms. The average molecular weight is 955 g/mol. The number of hydrogen-bond donors (Lipinski definition) is 0. The van der Waals surface area contributed by atoms with Crippen LogP contribution in [0, 0.1) is 6.92 Å². The van der Waals surface area contributed by atoms with Gasteiger partial charge in [0.15, 0.2) is 0 Å². The van der Waals surface area contributed by atoms with E-state index in [1.54, 1.807) is 0 Å². The molecule has 1 saturated carbocycles. The normalized spacial score (nSPS) is 19.0. The number of nitrogens with zero attached hydrogens (tertiary/aromatic N) is 4. The Morgan fingerprint density at radius 1 is 0.466 bits per heavy atom. The molecule has 3 aliphatic heterocycles. The third kappa shape index (κ3) is 7.42. The second kappa shape index (κ2) is 16.6. The van der Waals surface area contributed by atoms with Crippen LogP contribution in [-0.4, -0.2) is 17.2 Å². The number of fused-ring (bicyclic) bond motifs is 7. The Hall–Kier alpha value is -6.85. The number of aryl methyl sites for hydroxylation is 1. The van der Waals surface area contributed by atoms with Crippen molar-refractivity contribution in [3.63, 3.8) is 0 Å². The third-order valence-electron chi connectivity index (χ3n) is 17.6. The molecule has 8 aromatic rings. The Labute approximate surface area is 436 Å². The fourth-order valence-corrected chi connectivity index (χ4v) is 13.3. The predicted molar refractivity (Wildman–Crippen MR) is 313 cm³/mol. The van der Waals surface area contributed by atoms with Crippen LogP contribution >= 0.6 is 0 Å². The van der Waals surface area contributed by atoms with E-state index in [9.17, 15) is 0 Å². The lowest BCUT2D eigenvalue weighted by Gasteiger charge is -2.50. The smallest absolute Gasteiger partial charge is 0.252 e. The van der Waals surface area contributed by atoms with Gasteiger partial charge in [-0.05, 0) is 183 Å². The van der Waals surface area contributed by atoms with Gasteiger partial charge < -0.3 is 14.7 Å². The molecular weight excluding hydrogens is 884 g/mol. The first-order chi connectivity index (χ1) is 34.7. The van der Waals surface area contributed by atoms with Crippen molar-refractivity contribution in [2.45, 2.75) is 136 Å². The molecule has 4 heterocycles. The van der Waals surface area contributed by atoms with E-state index >= 15 is 0 Å². The molecule has 12 rings (SSSR count). The maximum Gasteiger partial charge on any atom is 0.252 e. The van der Waals surface area contributed by atoms with Crippen molar-refractivity contribution in [2.24, 2.45) is 0 Å². The molecule has 1 fully saturated rings. The molecule has 0 bridgehead atoms. The summed E-state index contributed by atoms with van der Waals surface area (Å²) in [6, 6.07) is 59.2. The largest absolute Gasteiger partial charge is 0.334 e. The van der Waals surface area contributed by atoms with Crippen LogP contribution in [0.25, 0.3) is 22.3 Å². The van der Waals surface area contributed by atoms with Gasteiger partial charge in [-0.25, -0.2) is 0 Å². The van der Waals surface area contributed by atoms with Gasteiger partial charge in [-0.2, -0.15) is 0 Å². The highest BCUT2D eigenvalue weighted by Crippen LogP contribution is 2.62. The quantitative estimate of drug-likeness (QED) is 0.160. The maximum absolute atomic E-state index is 4.36. The van der Waals surface area contributed by atoms with E-state index in [-0.39, 0.29) is 33.9 Å². The maximum atomic E-state index is 4.36. The van der Waals surface area contributed by atoms with Gasteiger partial charge in [0.05, 0.1) is 11.2 Å². The summed E-state index contributed by atoms with van der Waals surface area (Å²) in [6.07, 6.45) is 8.58. The standard InChI is InChI=1S/C68H71BN4/c1-44-38-61-63-62(39-44)72(57-30-23-49(65(5,6)7)41-53(57)46-18-14-13-15-19-46)59-31-24-50(66(8,9)10)42-56(59)69(63)55-28-27-52(43-60(55)71(61)51-25-21-48(22-26-51)64(2,3)4)73-58-29-20-47(45-32-36-70-37-33-45)40-54(58)67(11)34-16-17-35-68(67,73)12/h13-15,18-33,36-43H,16-17,34-35H2,1-12H3. The van der Waals surface area contributed by atoms with Crippen molar-refractivity contribution in [1.29, 1.82) is 0 Å². The molecule has 1 aromatic heterocycles. The number of hydrogen-bond acceptors (Lipinski definition) is 4. The summed E-state index contributed by atoms with van der Waals surface area (Å²) in [5, 5.41) is 0. The SMILES string of the molecule is Cc1cc2c3c(c1)N(c1ccc(C(C)(C)C)cc1-c1ccccc1)c1ccc(C(C)(C)C)cc1B3c1ccc(N3c4ccc(-c5ccncc5)cc4C4(C)CCCCC34C)cc1N2c1ccc(C(C)(C)C)cc1. The lowest BCUT2D eigenvalue weighted by molar-refractivity contribution is 0.195. The zero-order chi connectivity index (χ0) is 51.0. The van der Waals surface area contributed by atoms with Gasteiger partial charge in [0.2, 0.25) is 0 Å². The summed E-state index contributed by atoms with van der Waals surface area (Å²) in [7, 11) is 0. The van der Waals surface area contributed by atoms with Crippen LogP contribution in [0.2, 0.25) is 0 Å². The van der Waals surface area contributed by atoms with Gasteiger partial charge in [0.25, 0.3) is 6.71 Å². The Morgan fingerprint density at radius 2 is 1.07 bits per heavy atom. The predicted octanol–water partition coefficient (Wildman–Crippen LogP) is 16.4. The van der Waals surface area contributed by atoms with Crippen LogP contribution in [0.15, 0.2) is 164 Å². The number of pyridine rings is 1. The van der Waals surface area contributed by atoms with Gasteiger partial charge >= 0.3 is 0 Å². The number of anilines is 8. The summed E-state index contributed by atoms with van der Waals surface area (Å²) >= 11 is 0. The zero-order valence-corrected chi connectivity index (χ0v) is 45.3. The summed E-state index contributed by atoms with van der Waals surface area (Å²) in [5.41, 5.74) is 25.4. The lowest BCUT2D eigenvalue weighted by atomic mass is 9.33. The molecule has 1 aliphatic carbocycles. The fraction of sp³-hybridized carbons (Fsp3) is 0.309. The van der Waals surface area contributed by atoms with Gasteiger partial charge in [0, 0.05) is 63.2 Å². The highest BCUT2D eigenvalue weighted by molar-refractivity contribution is 7.00. The van der Waals surface area contributed by atoms with Crippen molar-refractivity contribution in [3.05, 3.63) is 192 Å². The fourth-order valence-electron chi connectivity index (χ4n) is 13.3. The highest BCUT2D eigenvalue weighted by Gasteiger charge is 2.58. The molecule has 4 aliphatic rings. The van der Waals surface area contributed by atoms with Crippen LogP contribution in [0.3, 0.4) is 0 Å². The molecule has 2 atom stereocenters. The number of aromatic nitrogens is 1. The second-order valence-corrected chi connectivity index (χ2v) is 25.3. The molecule has 5 heteroatoms. The molecule has 0 amide bonds. The van der Waals surface area contributed by atoms with Crippen molar-refractivity contribution in [1.82, 2.24) is 4.98 Å². The minimum atomic E-state index is -0.118. The van der Waals surface area contributed by atoms with Crippen molar-refractivity contribution in [3.8, 4) is 22.3 Å². The summed E-state index contributed by atoms with van der Waals surface area (Å²) in [4.78, 5) is 12.4. The minimum absolute atomic E-state index is 0.00774. The van der Waals surface area contributed by atoms with E-state index in [1.165, 1.54) is 125 Å². The van der Waals surface area contributed by atoms with Crippen LogP contribution in [0.1, 0.15) is 130 Å². The van der Waals surface area contributed by atoms with Gasteiger partial charge in [0.1, 0.15) is 0 Å². The van der Waals surface area contributed by atoms with E-state index in [4.69, 9.17) is 0 Å². The molecule has 4 nitrogen and oxygen atoms in total. The average Bonchev–Trinajstić information content (AvgIpc) is 3.59. The summed E-state index contributed by atoms with van der Waals surface area (Å²) in [5.74, 6) is 0. The van der Waals surface area contributed by atoms with Crippen LogP contribution in [0.5, 0.6) is 0 Å². The first-order valence-corrected chi connectivity index (χ1v) is 26.9. The molecule has 0 saturated heterocycles. The van der Waals surface area contributed by atoms with E-state index in [0.717, 1.165) is 12.8 Å². The van der Waals surface area contributed by atoms with Crippen molar-refractivity contribution < 1.29 is 0 Å². The molecule has 0 N–H and O–H groups in total. The van der Waals surface area contributed by atoms with E-state index in [2.05, 4.69) is 254 Å². The van der Waals surface area contributed by atoms with Crippen LogP contribution in [0.4, 0.5) is 45.5 Å². The Bertz CT molecular complexity index is 3470. The lowest BCUT2D eigenvalue weighted by Crippen LogP contribution is -2.61. The second-order valence-electron chi connectivity index (χ2n) is 25.3. The van der Waals surface area contributed by atoms with Gasteiger partial charge in [-0.3, -0.25) is 4.98 Å². The van der Waals surface area contributed by atoms with Crippen molar-refractivity contribution >= 4 is 68.6 Å². The monoisotopic (exact) mass is 955 g/mol. The van der Waals surface area contributed by atoms with E-state index in [0.29, 0.717) is 0 Å². The first kappa shape index (κ1) is 47.2. The summed E-state index contributed by atoms with van der Waals surface area (Å²) < 4.78 is 0. The van der Waals surface area contributed by atoms with E-state index < -0.39 is 0 Å². The molecule has 73 heavy (non-hydrogen) atoms. The Morgan fingerprint density at radius 3 is 1.75 bits per heavy atom. The van der Waals surface area contributed by atoms with Gasteiger partial charge in [-0.15, -0.1) is 0 Å². The van der Waals surface area contributed by atoms with Crippen LogP contribution in [-0.2, 0) is 21.7 Å². The molecule has 2 unspecified atom stereocenters. The molecule has 7 aromatic carbocycles. The van der Waals surface area contributed by atoms with Crippen molar-refractivity contribution in [2.75, 3.05) is 14.7 Å². The van der Waals surface area contributed by atoms with Gasteiger partial charge in [-0.1, -0.05) is 155 Å². The molecule has 0 radical (unpaired) electrons. The topological polar surface area (TPSA) is 22.6 Å². The van der Waals surface area contributed by atoms with E-state index in [1.807, 2.05) is 12.4 Å². The Balaban J connectivity index is 1.13.